The highest BCUT2D eigenvalue weighted by Gasteiger charge is 2.28. The highest BCUT2D eigenvalue weighted by molar-refractivity contribution is 7.91. The highest BCUT2D eigenvalue weighted by Crippen LogP contribution is 2.34. The molecule has 1 aromatic rings. The van der Waals surface area contributed by atoms with Gasteiger partial charge in [-0.1, -0.05) is 0 Å². The normalized spacial score (nSPS) is 11.2. The minimum atomic E-state index is -4.02. The Balaban J connectivity index is 3.64. The molecule has 1 aromatic carbocycles. The van der Waals surface area contributed by atoms with Crippen molar-refractivity contribution in [3.63, 3.8) is 0 Å². The molecule has 0 atom stereocenters. The van der Waals surface area contributed by atoms with E-state index in [-0.39, 0.29) is 5.88 Å². The molecule has 19 heavy (non-hydrogen) atoms. The smallest absolute Gasteiger partial charge is 0.300 e. The second-order valence-electron chi connectivity index (χ2n) is 3.40. The fourth-order valence-corrected chi connectivity index (χ4v) is 3.10. The Hall–Kier alpha value is -1.94. The minimum absolute atomic E-state index is 0.266. The van der Waals surface area contributed by atoms with Gasteiger partial charge in [0.05, 0.1) is 21.7 Å². The average molecular weight is 310 g/mol. The lowest BCUT2D eigenvalue weighted by atomic mass is 10.2. The number of nitrogens with zero attached hydrogens (tertiary/aromatic N) is 2. The first-order valence-corrected chi connectivity index (χ1v) is 6.90. The molecule has 0 radical (unpaired) electrons. The maximum atomic E-state index is 11.8. The summed E-state index contributed by atoms with van der Waals surface area (Å²) in [6.45, 7) is 0. The van der Waals surface area contributed by atoms with Crippen molar-refractivity contribution in [1.29, 1.82) is 0 Å². The number of nitrogens with two attached hydrogens (primary N) is 1. The van der Waals surface area contributed by atoms with Crippen molar-refractivity contribution in [2.75, 3.05) is 17.4 Å². The van der Waals surface area contributed by atoms with Crippen molar-refractivity contribution >= 4 is 38.5 Å². The fourth-order valence-electron chi connectivity index (χ4n) is 1.32. The van der Waals surface area contributed by atoms with Crippen molar-refractivity contribution in [3.8, 4) is 0 Å². The number of sulfone groups is 1. The number of nitro groups is 2. The van der Waals surface area contributed by atoms with E-state index in [4.69, 9.17) is 17.3 Å². The molecule has 0 aliphatic carbocycles. The fraction of sp³-hybridized carbons (Fsp3) is 0.250. The van der Waals surface area contributed by atoms with Gasteiger partial charge in [-0.25, -0.2) is 8.42 Å². The van der Waals surface area contributed by atoms with E-state index in [1.807, 2.05) is 0 Å². The van der Waals surface area contributed by atoms with Gasteiger partial charge in [-0.2, -0.15) is 0 Å². The van der Waals surface area contributed by atoms with Crippen LogP contribution in [-0.4, -0.2) is 29.9 Å². The molecule has 11 heteroatoms. The first-order chi connectivity index (χ1) is 8.70. The van der Waals surface area contributed by atoms with Crippen LogP contribution in [0.4, 0.5) is 17.1 Å². The molecule has 104 valence electrons. The largest absolute Gasteiger partial charge is 0.392 e. The third-order valence-electron chi connectivity index (χ3n) is 2.19. The van der Waals surface area contributed by atoms with E-state index in [0.717, 1.165) is 0 Å². The van der Waals surface area contributed by atoms with Gasteiger partial charge in [0, 0.05) is 11.9 Å². The van der Waals surface area contributed by atoms with Gasteiger partial charge in [-0.15, -0.1) is 11.6 Å². The van der Waals surface area contributed by atoms with Crippen molar-refractivity contribution in [2.45, 2.75) is 4.90 Å². The van der Waals surface area contributed by atoms with Crippen LogP contribution in [0, 0.1) is 20.2 Å². The van der Waals surface area contributed by atoms with E-state index in [0.29, 0.717) is 12.1 Å². The van der Waals surface area contributed by atoms with Crippen LogP contribution in [0.25, 0.3) is 0 Å². The summed E-state index contributed by atoms with van der Waals surface area (Å²) in [5.41, 5.74) is 3.19. The van der Waals surface area contributed by atoms with Crippen molar-refractivity contribution in [3.05, 3.63) is 32.4 Å². The Morgan fingerprint density at radius 1 is 1.21 bits per heavy atom. The van der Waals surface area contributed by atoms with E-state index in [9.17, 15) is 28.6 Å². The lowest BCUT2D eigenvalue weighted by Gasteiger charge is -2.06. The summed E-state index contributed by atoms with van der Waals surface area (Å²) in [7, 11) is -4.02. The van der Waals surface area contributed by atoms with Crippen molar-refractivity contribution in [1.82, 2.24) is 0 Å². The molecule has 0 saturated carbocycles. The Labute approximate surface area is 112 Å². The summed E-state index contributed by atoms with van der Waals surface area (Å²) in [5, 5.41) is 21.4. The van der Waals surface area contributed by atoms with Gasteiger partial charge in [0.15, 0.2) is 9.84 Å². The molecule has 0 aliphatic heterocycles. The van der Waals surface area contributed by atoms with E-state index >= 15 is 0 Å². The van der Waals surface area contributed by atoms with Gasteiger partial charge in [0.25, 0.3) is 11.4 Å². The summed E-state index contributed by atoms with van der Waals surface area (Å²) >= 11 is 5.31. The summed E-state index contributed by atoms with van der Waals surface area (Å²) in [6, 6.07) is 1.29. The molecule has 1 rings (SSSR count). The van der Waals surface area contributed by atoms with Gasteiger partial charge >= 0.3 is 0 Å². The number of nitro benzene ring substituents is 2. The number of hydrogen-bond donors (Lipinski definition) is 1. The van der Waals surface area contributed by atoms with Gasteiger partial charge in [0.1, 0.15) is 10.6 Å². The van der Waals surface area contributed by atoms with Crippen LogP contribution in [0.3, 0.4) is 0 Å². The Kier molecular flexibility index (Phi) is 4.27. The number of non-ortho nitro benzene ring substituents is 1. The predicted molar refractivity (Wildman–Crippen MR) is 66.9 cm³/mol. The molecule has 0 aromatic heterocycles. The average Bonchev–Trinajstić information content (AvgIpc) is 2.27. The third-order valence-corrected chi connectivity index (χ3v) is 4.36. The van der Waals surface area contributed by atoms with E-state index in [1.54, 1.807) is 0 Å². The molecule has 0 unspecified atom stereocenters. The molecule has 9 nitrogen and oxygen atoms in total. The van der Waals surface area contributed by atoms with Crippen molar-refractivity contribution < 1.29 is 18.3 Å². The third kappa shape index (κ3) is 3.09. The zero-order valence-corrected chi connectivity index (χ0v) is 10.8. The number of hydrogen-bond acceptors (Lipinski definition) is 7. The second kappa shape index (κ2) is 5.36. The predicted octanol–water partition coefficient (Wildman–Crippen LogP) is 1.10. The number of halogens is 1. The zero-order valence-electron chi connectivity index (χ0n) is 9.28. The van der Waals surface area contributed by atoms with Crippen LogP contribution < -0.4 is 5.73 Å². The standard InChI is InChI=1S/C8H8ClN3O6S/c9-1-2-19(17,18)7-4-5(11(13)14)3-6(8(7)10)12(15)16/h3-4H,1-2,10H2. The number of benzene rings is 1. The molecule has 0 spiro atoms. The van der Waals surface area contributed by atoms with Gasteiger partial charge < -0.3 is 5.73 Å². The number of anilines is 1. The maximum Gasteiger partial charge on any atom is 0.300 e. The molecular formula is C8H8ClN3O6S. The van der Waals surface area contributed by atoms with Crippen LogP contribution in [0.5, 0.6) is 0 Å². The van der Waals surface area contributed by atoms with E-state index in [2.05, 4.69) is 0 Å². The zero-order chi connectivity index (χ0) is 14.8. The van der Waals surface area contributed by atoms with Crippen LogP contribution >= 0.6 is 11.6 Å². The molecule has 0 aliphatic rings. The van der Waals surface area contributed by atoms with Gasteiger partial charge in [-0.05, 0) is 0 Å². The summed E-state index contributed by atoms with van der Waals surface area (Å²) in [4.78, 5) is 18.8. The maximum absolute atomic E-state index is 11.8. The second-order valence-corrected chi connectivity index (χ2v) is 5.85. The molecule has 2 N–H and O–H groups in total. The molecular weight excluding hydrogens is 302 g/mol. The summed E-state index contributed by atoms with van der Waals surface area (Å²) < 4.78 is 23.6. The SMILES string of the molecule is Nc1c([N+](=O)[O-])cc([N+](=O)[O-])cc1S(=O)(=O)CCCl. The molecule has 0 saturated heterocycles. The van der Waals surface area contributed by atoms with Crippen molar-refractivity contribution in [2.24, 2.45) is 0 Å². The lowest BCUT2D eigenvalue weighted by molar-refractivity contribution is -0.393. The lowest BCUT2D eigenvalue weighted by Crippen LogP contribution is -2.12. The molecule has 0 heterocycles. The first kappa shape index (κ1) is 15.1. The highest BCUT2D eigenvalue weighted by atomic mass is 35.5. The van der Waals surface area contributed by atoms with Gasteiger partial charge in [-0.3, -0.25) is 20.2 Å². The summed E-state index contributed by atoms with van der Waals surface area (Å²) in [5.74, 6) is -0.796. The molecule has 0 fully saturated rings. The first-order valence-electron chi connectivity index (χ1n) is 4.71. The number of nitrogen functional groups attached to an aromatic ring is 1. The van der Waals surface area contributed by atoms with Crippen LogP contribution in [0.2, 0.25) is 0 Å². The molecule has 0 amide bonds. The van der Waals surface area contributed by atoms with Crippen LogP contribution in [-0.2, 0) is 9.84 Å². The summed E-state index contributed by atoms with van der Waals surface area (Å²) in [6.07, 6.45) is 0. The quantitative estimate of drug-likeness (QED) is 0.370. The van der Waals surface area contributed by atoms with E-state index < -0.39 is 47.4 Å². The van der Waals surface area contributed by atoms with Gasteiger partial charge in [0.2, 0.25) is 0 Å². The number of alkyl halides is 1. The van der Waals surface area contributed by atoms with E-state index in [1.165, 1.54) is 0 Å². The Bertz CT molecular complexity index is 644. The topological polar surface area (TPSA) is 146 Å². The van der Waals surface area contributed by atoms with Crippen LogP contribution in [0.1, 0.15) is 0 Å². The Morgan fingerprint density at radius 3 is 2.21 bits per heavy atom. The number of rotatable bonds is 5. The monoisotopic (exact) mass is 309 g/mol. The Morgan fingerprint density at radius 2 is 1.79 bits per heavy atom. The molecule has 0 bridgehead atoms. The minimum Gasteiger partial charge on any atom is -0.392 e. The van der Waals surface area contributed by atoms with Crippen LogP contribution in [0.15, 0.2) is 17.0 Å².